The summed E-state index contributed by atoms with van der Waals surface area (Å²) >= 11 is 0. The molecule has 1 saturated heterocycles. The highest BCUT2D eigenvalue weighted by molar-refractivity contribution is 5.99. The van der Waals surface area contributed by atoms with Crippen LogP contribution in [0.5, 0.6) is 0 Å². The number of Topliss-reactive ketones (excluding diaryl/α,β-unsaturated/α-hetero) is 1. The smallest absolute Gasteiger partial charge is 0.163 e. The number of nitrogens with zero attached hydrogens (tertiary/aromatic N) is 4. The van der Waals surface area contributed by atoms with Gasteiger partial charge in [-0.2, -0.15) is 0 Å². The van der Waals surface area contributed by atoms with E-state index in [9.17, 15) is 4.79 Å². The summed E-state index contributed by atoms with van der Waals surface area (Å²) in [6.45, 7) is 4.22. The van der Waals surface area contributed by atoms with E-state index in [0.29, 0.717) is 6.42 Å². The van der Waals surface area contributed by atoms with E-state index in [1.807, 2.05) is 42.6 Å². The highest BCUT2D eigenvalue weighted by Crippen LogP contribution is 2.25. The van der Waals surface area contributed by atoms with Crippen molar-refractivity contribution in [3.8, 4) is 11.5 Å². The minimum Gasteiger partial charge on any atom is -0.342 e. The molecule has 1 aliphatic rings. The van der Waals surface area contributed by atoms with Gasteiger partial charge in [0.15, 0.2) is 11.6 Å². The van der Waals surface area contributed by atoms with E-state index in [-0.39, 0.29) is 5.78 Å². The van der Waals surface area contributed by atoms with E-state index in [0.717, 1.165) is 47.6 Å². The zero-order valence-corrected chi connectivity index (χ0v) is 18.3. The number of hydrogen-bond donors (Lipinski definition) is 1. The van der Waals surface area contributed by atoms with Crippen molar-refractivity contribution in [1.29, 1.82) is 0 Å². The molecule has 2 aromatic carbocycles. The van der Waals surface area contributed by atoms with Gasteiger partial charge in [-0.25, -0.2) is 9.97 Å². The third-order valence-electron chi connectivity index (χ3n) is 6.38. The van der Waals surface area contributed by atoms with E-state index in [2.05, 4.69) is 31.6 Å². The van der Waals surface area contributed by atoms with E-state index >= 15 is 0 Å². The van der Waals surface area contributed by atoms with Crippen LogP contribution in [-0.2, 0) is 13.0 Å². The molecule has 0 amide bonds. The first-order chi connectivity index (χ1) is 15.8. The third-order valence-corrected chi connectivity index (χ3v) is 6.38. The number of piperidine rings is 1. The number of rotatable bonds is 8. The Morgan fingerprint density at radius 2 is 1.84 bits per heavy atom. The Labute approximate surface area is 188 Å². The molecule has 0 radical (unpaired) electrons. The van der Waals surface area contributed by atoms with Crippen molar-refractivity contribution in [2.24, 2.45) is 0 Å². The van der Waals surface area contributed by atoms with Gasteiger partial charge in [-0.1, -0.05) is 36.8 Å². The molecule has 32 heavy (non-hydrogen) atoms. The second kappa shape index (κ2) is 9.49. The van der Waals surface area contributed by atoms with E-state index < -0.39 is 0 Å². The number of aryl methyl sites for hydroxylation is 1. The van der Waals surface area contributed by atoms with Gasteiger partial charge in [-0.3, -0.25) is 4.79 Å². The first-order valence-electron chi connectivity index (χ1n) is 11.6. The number of likely N-dealkylation sites (tertiary alicyclic amines) is 1. The lowest BCUT2D eigenvalue weighted by molar-refractivity contribution is 0.0983. The van der Waals surface area contributed by atoms with Crippen molar-refractivity contribution in [2.45, 2.75) is 38.6 Å². The number of imidazole rings is 2. The van der Waals surface area contributed by atoms with Crippen LogP contribution in [0.3, 0.4) is 0 Å². The second-order valence-corrected chi connectivity index (χ2v) is 8.57. The number of aromatic amines is 1. The SMILES string of the molecule is O=C(CCc1ccccc1)c1ccc2c(c1)nc(-c1cnc[nH]1)n2CCN1CCCCC1. The quantitative estimate of drug-likeness (QED) is 0.413. The Bertz CT molecular complexity index is 1170. The molecule has 1 N–H and O–H groups in total. The molecule has 1 fully saturated rings. The lowest BCUT2D eigenvalue weighted by atomic mass is 10.0. The molecule has 2 aromatic heterocycles. The first kappa shape index (κ1) is 20.6. The van der Waals surface area contributed by atoms with Crippen molar-refractivity contribution < 1.29 is 4.79 Å². The topological polar surface area (TPSA) is 66.8 Å². The summed E-state index contributed by atoms with van der Waals surface area (Å²) in [4.78, 5) is 27.7. The lowest BCUT2D eigenvalue weighted by Crippen LogP contribution is -2.32. The van der Waals surface area contributed by atoms with Crippen LogP contribution in [0.15, 0.2) is 61.1 Å². The van der Waals surface area contributed by atoms with Gasteiger partial charge >= 0.3 is 0 Å². The molecular formula is C26H29N5O. The molecule has 0 bridgehead atoms. The van der Waals surface area contributed by atoms with Gasteiger partial charge in [0.05, 0.1) is 23.6 Å². The van der Waals surface area contributed by atoms with Crippen LogP contribution in [-0.4, -0.2) is 49.8 Å². The average molecular weight is 428 g/mol. The number of benzene rings is 2. The number of carbonyl (C=O) groups is 1. The molecule has 0 atom stereocenters. The Kier molecular flexibility index (Phi) is 6.12. The molecule has 6 nitrogen and oxygen atoms in total. The minimum atomic E-state index is 0.154. The Morgan fingerprint density at radius 1 is 1.00 bits per heavy atom. The molecular weight excluding hydrogens is 398 g/mol. The molecule has 0 unspecified atom stereocenters. The number of nitrogens with one attached hydrogen (secondary N) is 1. The molecule has 0 spiro atoms. The summed E-state index contributed by atoms with van der Waals surface area (Å²) in [6.07, 6.45) is 8.65. The first-order valence-corrected chi connectivity index (χ1v) is 11.6. The van der Waals surface area contributed by atoms with Crippen LogP contribution in [0.1, 0.15) is 41.6 Å². The fraction of sp³-hybridized carbons (Fsp3) is 0.346. The van der Waals surface area contributed by atoms with E-state index in [4.69, 9.17) is 4.98 Å². The van der Waals surface area contributed by atoms with Crippen LogP contribution in [0.2, 0.25) is 0 Å². The molecule has 6 heteroatoms. The van der Waals surface area contributed by atoms with Crippen LogP contribution in [0.4, 0.5) is 0 Å². The Hall–Kier alpha value is -3.25. The van der Waals surface area contributed by atoms with E-state index in [1.165, 1.54) is 37.9 Å². The van der Waals surface area contributed by atoms with Crippen LogP contribution in [0, 0.1) is 0 Å². The van der Waals surface area contributed by atoms with Gasteiger partial charge in [-0.05, 0) is 56.1 Å². The molecule has 4 aromatic rings. The second-order valence-electron chi connectivity index (χ2n) is 8.57. The van der Waals surface area contributed by atoms with E-state index in [1.54, 1.807) is 6.33 Å². The summed E-state index contributed by atoms with van der Waals surface area (Å²) in [5, 5.41) is 0. The summed E-state index contributed by atoms with van der Waals surface area (Å²) in [5.41, 5.74) is 4.73. The number of fused-ring (bicyclic) bond motifs is 1. The maximum absolute atomic E-state index is 12.9. The third kappa shape index (κ3) is 4.50. The minimum absolute atomic E-state index is 0.154. The molecule has 164 valence electrons. The summed E-state index contributed by atoms with van der Waals surface area (Å²) in [6, 6.07) is 16.1. The largest absolute Gasteiger partial charge is 0.342 e. The lowest BCUT2D eigenvalue weighted by Gasteiger charge is -2.26. The zero-order valence-electron chi connectivity index (χ0n) is 18.3. The summed E-state index contributed by atoms with van der Waals surface area (Å²) in [7, 11) is 0. The predicted octanol–water partition coefficient (Wildman–Crippen LogP) is 4.73. The number of H-pyrrole nitrogens is 1. The van der Waals surface area contributed by atoms with Crippen LogP contribution >= 0.6 is 0 Å². The van der Waals surface area contributed by atoms with Gasteiger partial charge < -0.3 is 14.5 Å². The van der Waals surface area contributed by atoms with Crippen molar-refractivity contribution >= 4 is 16.8 Å². The molecule has 0 saturated carbocycles. The normalized spacial score (nSPS) is 14.8. The average Bonchev–Trinajstić information content (AvgIpc) is 3.50. The van der Waals surface area contributed by atoms with Crippen molar-refractivity contribution in [3.05, 3.63) is 72.2 Å². The van der Waals surface area contributed by atoms with Crippen molar-refractivity contribution in [3.63, 3.8) is 0 Å². The Morgan fingerprint density at radius 3 is 2.62 bits per heavy atom. The zero-order chi connectivity index (χ0) is 21.8. The number of hydrogen-bond acceptors (Lipinski definition) is 4. The van der Waals surface area contributed by atoms with Gasteiger partial charge in [0, 0.05) is 25.1 Å². The van der Waals surface area contributed by atoms with Gasteiger partial charge in [0.25, 0.3) is 0 Å². The van der Waals surface area contributed by atoms with Gasteiger partial charge in [0.1, 0.15) is 5.69 Å². The summed E-state index contributed by atoms with van der Waals surface area (Å²) < 4.78 is 2.26. The van der Waals surface area contributed by atoms with Crippen molar-refractivity contribution in [2.75, 3.05) is 19.6 Å². The van der Waals surface area contributed by atoms with Gasteiger partial charge in [-0.15, -0.1) is 0 Å². The standard InChI is InChI=1S/C26H29N5O/c32-25(12-9-20-7-3-1-4-8-20)21-10-11-24-22(17-21)29-26(23-18-27-19-28-23)31(24)16-15-30-13-5-2-6-14-30/h1,3-4,7-8,10-11,17-19H,2,5-6,9,12-16H2,(H,27,28). The predicted molar refractivity (Wildman–Crippen MR) is 127 cm³/mol. The van der Waals surface area contributed by atoms with Crippen molar-refractivity contribution in [1.82, 2.24) is 24.4 Å². The summed E-state index contributed by atoms with van der Waals surface area (Å²) in [5.74, 6) is 1.03. The fourth-order valence-electron chi connectivity index (χ4n) is 4.58. The van der Waals surface area contributed by atoms with Crippen LogP contribution < -0.4 is 0 Å². The molecule has 3 heterocycles. The van der Waals surface area contributed by atoms with Crippen LogP contribution in [0.25, 0.3) is 22.6 Å². The molecule has 5 rings (SSSR count). The monoisotopic (exact) mass is 427 g/mol. The molecule has 0 aliphatic carbocycles. The maximum atomic E-state index is 12.9. The van der Waals surface area contributed by atoms with Gasteiger partial charge in [0.2, 0.25) is 0 Å². The Balaban J connectivity index is 1.39. The number of aromatic nitrogens is 4. The highest BCUT2D eigenvalue weighted by atomic mass is 16.1. The fourth-order valence-corrected chi connectivity index (χ4v) is 4.58. The molecule has 1 aliphatic heterocycles. The highest BCUT2D eigenvalue weighted by Gasteiger charge is 2.17. The maximum Gasteiger partial charge on any atom is 0.163 e. The number of ketones is 1. The number of carbonyl (C=O) groups excluding carboxylic acids is 1.